The van der Waals surface area contributed by atoms with Crippen molar-refractivity contribution in [2.75, 3.05) is 18.4 Å². The number of amides is 2. The van der Waals surface area contributed by atoms with Gasteiger partial charge in [0, 0.05) is 30.3 Å². The number of benzene rings is 1. The lowest BCUT2D eigenvalue weighted by atomic mass is 9.79. The minimum Gasteiger partial charge on any atom is -0.339 e. The molecule has 2 aliphatic rings. The Kier molecular flexibility index (Phi) is 6.92. The van der Waals surface area contributed by atoms with Crippen LogP contribution in [0.3, 0.4) is 0 Å². The van der Waals surface area contributed by atoms with Gasteiger partial charge in [-0.1, -0.05) is 32.3 Å². The minimum atomic E-state index is 0.0949. The Morgan fingerprint density at radius 2 is 1.81 bits per heavy atom. The number of rotatable bonds is 6. The monoisotopic (exact) mass is 370 g/mol. The van der Waals surface area contributed by atoms with Crippen LogP contribution >= 0.6 is 0 Å². The third kappa shape index (κ3) is 4.91. The number of anilines is 1. The summed E-state index contributed by atoms with van der Waals surface area (Å²) < 4.78 is 0. The summed E-state index contributed by atoms with van der Waals surface area (Å²) in [5.74, 6) is 1.13. The maximum Gasteiger partial charge on any atom is 0.254 e. The van der Waals surface area contributed by atoms with Crippen LogP contribution in [0.15, 0.2) is 18.2 Å². The highest BCUT2D eigenvalue weighted by molar-refractivity contribution is 5.99. The fraction of sp³-hybridized carbons (Fsp3) is 0.652. The van der Waals surface area contributed by atoms with E-state index in [4.69, 9.17) is 0 Å². The molecular formula is C23H34N2O2. The van der Waals surface area contributed by atoms with E-state index in [0.717, 1.165) is 61.5 Å². The predicted molar refractivity (Wildman–Crippen MR) is 110 cm³/mol. The molecule has 1 aromatic carbocycles. The van der Waals surface area contributed by atoms with Crippen LogP contribution in [0.4, 0.5) is 5.69 Å². The van der Waals surface area contributed by atoms with Crippen molar-refractivity contribution in [2.45, 2.75) is 71.6 Å². The van der Waals surface area contributed by atoms with Crippen molar-refractivity contribution in [1.29, 1.82) is 0 Å². The molecule has 1 aliphatic carbocycles. The average Bonchev–Trinajstić information content (AvgIpc) is 3.22. The van der Waals surface area contributed by atoms with Gasteiger partial charge in [0.25, 0.3) is 5.91 Å². The minimum absolute atomic E-state index is 0.0949. The number of nitrogens with one attached hydrogen (secondary N) is 1. The number of unbranched alkanes of at least 4 members (excludes halogenated alkanes) is 1. The first-order valence-electron chi connectivity index (χ1n) is 10.8. The Labute approximate surface area is 163 Å². The summed E-state index contributed by atoms with van der Waals surface area (Å²) in [7, 11) is 0. The van der Waals surface area contributed by atoms with Crippen molar-refractivity contribution in [1.82, 2.24) is 4.90 Å². The van der Waals surface area contributed by atoms with Crippen LogP contribution in [-0.4, -0.2) is 29.8 Å². The zero-order valence-corrected chi connectivity index (χ0v) is 16.9. The van der Waals surface area contributed by atoms with Gasteiger partial charge in [-0.25, -0.2) is 0 Å². The van der Waals surface area contributed by atoms with E-state index in [1.807, 2.05) is 30.0 Å². The van der Waals surface area contributed by atoms with Crippen molar-refractivity contribution in [3.8, 4) is 0 Å². The second-order valence-corrected chi connectivity index (χ2v) is 8.33. The highest BCUT2D eigenvalue weighted by Crippen LogP contribution is 2.33. The topological polar surface area (TPSA) is 49.4 Å². The van der Waals surface area contributed by atoms with Crippen molar-refractivity contribution < 1.29 is 9.59 Å². The van der Waals surface area contributed by atoms with Gasteiger partial charge in [0.2, 0.25) is 5.91 Å². The number of hydrogen-bond donors (Lipinski definition) is 1. The molecule has 0 aromatic heterocycles. The molecule has 0 atom stereocenters. The molecule has 0 bridgehead atoms. The van der Waals surface area contributed by atoms with Crippen molar-refractivity contribution in [3.05, 3.63) is 29.3 Å². The van der Waals surface area contributed by atoms with Crippen LogP contribution in [0.5, 0.6) is 0 Å². The molecule has 4 nitrogen and oxygen atoms in total. The van der Waals surface area contributed by atoms with E-state index in [0.29, 0.717) is 0 Å². The number of carbonyl (C=O) groups is 2. The molecule has 2 amide bonds. The zero-order valence-electron chi connectivity index (χ0n) is 16.9. The zero-order chi connectivity index (χ0) is 19.2. The van der Waals surface area contributed by atoms with Gasteiger partial charge in [-0.2, -0.15) is 0 Å². The Hall–Kier alpha value is -1.84. The third-order valence-corrected chi connectivity index (χ3v) is 6.40. The Morgan fingerprint density at radius 3 is 2.48 bits per heavy atom. The molecule has 0 unspecified atom stereocenters. The first-order chi connectivity index (χ1) is 13.1. The lowest BCUT2D eigenvalue weighted by molar-refractivity contribution is -0.121. The quantitative estimate of drug-likeness (QED) is 0.751. The molecule has 148 valence electrons. The van der Waals surface area contributed by atoms with E-state index >= 15 is 0 Å². The summed E-state index contributed by atoms with van der Waals surface area (Å²) in [6.07, 6.45) is 10.4. The van der Waals surface area contributed by atoms with E-state index in [9.17, 15) is 9.59 Å². The van der Waals surface area contributed by atoms with E-state index in [2.05, 4.69) is 12.2 Å². The Bertz CT molecular complexity index is 656. The number of nitrogens with zero attached hydrogens (tertiary/aromatic N) is 1. The first kappa shape index (κ1) is 19.9. The van der Waals surface area contributed by atoms with Crippen molar-refractivity contribution >= 4 is 17.5 Å². The number of likely N-dealkylation sites (tertiary alicyclic amines) is 1. The van der Waals surface area contributed by atoms with Gasteiger partial charge >= 0.3 is 0 Å². The maximum atomic E-state index is 12.8. The fourth-order valence-electron chi connectivity index (χ4n) is 4.53. The maximum absolute atomic E-state index is 12.8. The van der Waals surface area contributed by atoms with E-state index < -0.39 is 0 Å². The van der Waals surface area contributed by atoms with Gasteiger partial charge in [-0.05, 0) is 69.1 Å². The van der Waals surface area contributed by atoms with E-state index in [-0.39, 0.29) is 17.7 Å². The Balaban J connectivity index is 1.60. The van der Waals surface area contributed by atoms with E-state index in [1.165, 1.54) is 32.1 Å². The van der Waals surface area contributed by atoms with Crippen molar-refractivity contribution in [3.63, 3.8) is 0 Å². The molecule has 1 N–H and O–H groups in total. The predicted octanol–water partition coefficient (Wildman–Crippen LogP) is 5.17. The SMILES string of the molecule is CCCCC1CCC(C(=O)Nc2cccc(C(=O)N3CCCC3)c2C)CC1. The van der Waals surface area contributed by atoms with Gasteiger partial charge in [0.15, 0.2) is 0 Å². The first-order valence-corrected chi connectivity index (χ1v) is 10.8. The summed E-state index contributed by atoms with van der Waals surface area (Å²) in [6, 6.07) is 5.68. The largest absolute Gasteiger partial charge is 0.339 e. The standard InChI is InChI=1S/C23H34N2O2/c1-3-4-8-18-11-13-19(14-12-18)22(26)24-21-10-7-9-20(17(21)2)23(27)25-15-5-6-16-25/h7,9-10,18-19H,3-6,8,11-16H2,1-2H3,(H,24,26). The summed E-state index contributed by atoms with van der Waals surface area (Å²) in [5, 5.41) is 3.11. The normalized spacial score (nSPS) is 22.7. The molecular weight excluding hydrogens is 336 g/mol. The van der Waals surface area contributed by atoms with E-state index in [1.54, 1.807) is 0 Å². The summed E-state index contributed by atoms with van der Waals surface area (Å²) in [6.45, 7) is 5.87. The molecule has 0 spiro atoms. The average molecular weight is 371 g/mol. The highest BCUT2D eigenvalue weighted by atomic mass is 16.2. The summed E-state index contributed by atoms with van der Waals surface area (Å²) in [5.41, 5.74) is 2.40. The molecule has 1 aromatic rings. The van der Waals surface area contributed by atoms with Crippen LogP contribution in [0.2, 0.25) is 0 Å². The summed E-state index contributed by atoms with van der Waals surface area (Å²) in [4.78, 5) is 27.4. The van der Waals surface area contributed by atoms with Gasteiger partial charge < -0.3 is 10.2 Å². The van der Waals surface area contributed by atoms with Gasteiger partial charge in [-0.15, -0.1) is 0 Å². The summed E-state index contributed by atoms with van der Waals surface area (Å²) >= 11 is 0. The molecule has 3 rings (SSSR count). The smallest absolute Gasteiger partial charge is 0.254 e. The molecule has 1 aliphatic heterocycles. The van der Waals surface area contributed by atoms with Crippen molar-refractivity contribution in [2.24, 2.45) is 11.8 Å². The molecule has 1 saturated heterocycles. The molecule has 2 fully saturated rings. The molecule has 0 radical (unpaired) electrons. The molecule has 4 heteroatoms. The lowest BCUT2D eigenvalue weighted by Crippen LogP contribution is -2.29. The molecule has 1 heterocycles. The number of hydrogen-bond acceptors (Lipinski definition) is 2. The second-order valence-electron chi connectivity index (χ2n) is 8.33. The number of carbonyl (C=O) groups excluding carboxylic acids is 2. The lowest BCUT2D eigenvalue weighted by Gasteiger charge is -2.28. The van der Waals surface area contributed by atoms with Crippen LogP contribution in [0, 0.1) is 18.8 Å². The van der Waals surface area contributed by atoms with Gasteiger partial charge in [0.05, 0.1) is 0 Å². The molecule has 27 heavy (non-hydrogen) atoms. The van der Waals surface area contributed by atoms with Gasteiger partial charge in [-0.3, -0.25) is 9.59 Å². The third-order valence-electron chi connectivity index (χ3n) is 6.40. The van der Waals surface area contributed by atoms with Gasteiger partial charge in [0.1, 0.15) is 0 Å². The Morgan fingerprint density at radius 1 is 1.11 bits per heavy atom. The highest BCUT2D eigenvalue weighted by Gasteiger charge is 2.27. The van der Waals surface area contributed by atoms with Crippen LogP contribution in [0.1, 0.15) is 80.6 Å². The van der Waals surface area contributed by atoms with Crippen LogP contribution in [0.25, 0.3) is 0 Å². The fourth-order valence-corrected chi connectivity index (χ4v) is 4.53. The van der Waals surface area contributed by atoms with Crippen LogP contribution in [-0.2, 0) is 4.79 Å². The van der Waals surface area contributed by atoms with Crippen LogP contribution < -0.4 is 5.32 Å². The molecule has 1 saturated carbocycles. The second kappa shape index (κ2) is 9.38.